The number of carbonyl (C=O) groups excluding carboxylic acids is 1. The fraction of sp³-hybridized carbons (Fsp3) is 0.529. The summed E-state index contributed by atoms with van der Waals surface area (Å²) in [5, 5.41) is 22.7. The van der Waals surface area contributed by atoms with E-state index in [4.69, 9.17) is 0 Å². The molecule has 1 aromatic heterocycles. The van der Waals surface area contributed by atoms with Gasteiger partial charge in [0.15, 0.2) is 5.78 Å². The largest absolute Gasteiger partial charge is 0.391 e. The summed E-state index contributed by atoms with van der Waals surface area (Å²) in [6, 6.07) is 5.60. The lowest BCUT2D eigenvalue weighted by Crippen LogP contribution is -2.46. The summed E-state index contributed by atoms with van der Waals surface area (Å²) in [6.07, 6.45) is 1.50. The lowest BCUT2D eigenvalue weighted by atomic mass is 9.97. The summed E-state index contributed by atoms with van der Waals surface area (Å²) in [4.78, 5) is 16.9. The number of piperidine rings is 1. The topological polar surface area (TPSA) is 87.4 Å². The average molecular weight is 317 g/mol. The smallest absolute Gasteiger partial charge is 0.154 e. The highest BCUT2D eigenvalue weighted by Crippen LogP contribution is 2.21. The summed E-state index contributed by atoms with van der Waals surface area (Å²) in [7, 11) is 0. The number of aliphatic hydroxyl groups excluding tert-OH is 2. The molecule has 0 unspecified atom stereocenters. The van der Waals surface area contributed by atoms with Crippen LogP contribution in [0.2, 0.25) is 0 Å². The number of Topliss-reactive ketones (excluding diaryl/α,β-unsaturated/α-hetero) is 1. The van der Waals surface area contributed by atoms with Gasteiger partial charge in [-0.1, -0.05) is 12.1 Å². The van der Waals surface area contributed by atoms with Crippen LogP contribution < -0.4 is 5.32 Å². The summed E-state index contributed by atoms with van der Waals surface area (Å²) in [5.74, 6) is 0.528. The Labute approximate surface area is 135 Å². The SMILES string of the molecule is Cc1cccc2nc(CO)n(CC(=O)C[C@H]3NCCC[C@@H]3O)c12. The number of benzene rings is 1. The lowest BCUT2D eigenvalue weighted by molar-refractivity contribution is -0.121. The van der Waals surface area contributed by atoms with Crippen LogP contribution in [0.5, 0.6) is 0 Å². The van der Waals surface area contributed by atoms with Gasteiger partial charge in [0.05, 0.1) is 23.7 Å². The molecular weight excluding hydrogens is 294 g/mol. The Hall–Kier alpha value is -1.76. The van der Waals surface area contributed by atoms with Gasteiger partial charge < -0.3 is 20.1 Å². The first kappa shape index (κ1) is 16.1. The van der Waals surface area contributed by atoms with Crippen LogP contribution in [0.1, 0.15) is 30.7 Å². The second-order valence-electron chi connectivity index (χ2n) is 6.23. The van der Waals surface area contributed by atoms with Crippen molar-refractivity contribution >= 4 is 16.8 Å². The first-order valence-electron chi connectivity index (χ1n) is 8.09. The van der Waals surface area contributed by atoms with Crippen LogP contribution >= 0.6 is 0 Å². The second kappa shape index (κ2) is 6.78. The maximum atomic E-state index is 12.5. The van der Waals surface area contributed by atoms with Crippen molar-refractivity contribution in [3.8, 4) is 0 Å². The molecule has 2 heterocycles. The van der Waals surface area contributed by atoms with Gasteiger partial charge in [0, 0.05) is 12.5 Å². The monoisotopic (exact) mass is 317 g/mol. The molecule has 124 valence electrons. The van der Waals surface area contributed by atoms with Crippen molar-refractivity contribution in [1.82, 2.24) is 14.9 Å². The van der Waals surface area contributed by atoms with Gasteiger partial charge in [-0.25, -0.2) is 4.98 Å². The maximum absolute atomic E-state index is 12.5. The molecule has 1 saturated heterocycles. The maximum Gasteiger partial charge on any atom is 0.154 e. The zero-order valence-electron chi connectivity index (χ0n) is 13.3. The summed E-state index contributed by atoms with van der Waals surface area (Å²) >= 11 is 0. The van der Waals surface area contributed by atoms with Gasteiger partial charge in [-0.15, -0.1) is 0 Å². The van der Waals surface area contributed by atoms with Gasteiger partial charge in [-0.3, -0.25) is 4.79 Å². The average Bonchev–Trinajstić information content (AvgIpc) is 2.88. The van der Waals surface area contributed by atoms with Crippen LogP contribution in [0.25, 0.3) is 11.0 Å². The first-order valence-corrected chi connectivity index (χ1v) is 8.09. The number of aromatic nitrogens is 2. The zero-order valence-corrected chi connectivity index (χ0v) is 13.3. The van der Waals surface area contributed by atoms with Gasteiger partial charge in [0.25, 0.3) is 0 Å². The highest BCUT2D eigenvalue weighted by atomic mass is 16.3. The van der Waals surface area contributed by atoms with Crippen molar-refractivity contribution < 1.29 is 15.0 Å². The third-order valence-electron chi connectivity index (χ3n) is 4.52. The molecule has 6 heteroatoms. The minimum absolute atomic E-state index is 0.0284. The van der Waals surface area contributed by atoms with Crippen LogP contribution in [0, 0.1) is 6.92 Å². The van der Waals surface area contributed by atoms with Gasteiger partial charge in [-0.05, 0) is 37.9 Å². The predicted octanol–water partition coefficient (Wildman–Crippen LogP) is 0.909. The van der Waals surface area contributed by atoms with E-state index in [-0.39, 0.29) is 31.4 Å². The second-order valence-corrected chi connectivity index (χ2v) is 6.23. The van der Waals surface area contributed by atoms with Crippen molar-refractivity contribution in [2.45, 2.75) is 51.5 Å². The van der Waals surface area contributed by atoms with Crippen molar-refractivity contribution in [2.75, 3.05) is 6.54 Å². The Bertz CT molecular complexity index is 710. The number of ketones is 1. The molecule has 2 aromatic rings. The molecule has 0 aliphatic carbocycles. The van der Waals surface area contributed by atoms with E-state index in [1.165, 1.54) is 0 Å². The van der Waals surface area contributed by atoms with Gasteiger partial charge in [0.1, 0.15) is 12.4 Å². The first-order chi connectivity index (χ1) is 11.1. The van der Waals surface area contributed by atoms with Crippen LogP contribution in [0.4, 0.5) is 0 Å². The molecule has 0 amide bonds. The minimum Gasteiger partial charge on any atom is -0.391 e. The lowest BCUT2D eigenvalue weighted by Gasteiger charge is -2.28. The van der Waals surface area contributed by atoms with E-state index < -0.39 is 6.10 Å². The molecule has 1 fully saturated rings. The van der Waals surface area contributed by atoms with Crippen LogP contribution in [0.15, 0.2) is 18.2 Å². The Morgan fingerprint density at radius 3 is 3.04 bits per heavy atom. The van der Waals surface area contributed by atoms with Gasteiger partial charge in [0.2, 0.25) is 0 Å². The fourth-order valence-electron chi connectivity index (χ4n) is 3.33. The van der Waals surface area contributed by atoms with Crippen LogP contribution in [-0.2, 0) is 17.9 Å². The van der Waals surface area contributed by atoms with E-state index in [1.54, 1.807) is 4.57 Å². The highest BCUT2D eigenvalue weighted by Gasteiger charge is 2.25. The molecule has 0 bridgehead atoms. The zero-order chi connectivity index (χ0) is 16.4. The van der Waals surface area contributed by atoms with Crippen molar-refractivity contribution in [1.29, 1.82) is 0 Å². The number of para-hydroxylation sites is 1. The third-order valence-corrected chi connectivity index (χ3v) is 4.52. The Balaban J connectivity index is 1.81. The van der Waals surface area contributed by atoms with E-state index in [0.29, 0.717) is 5.82 Å². The molecular formula is C17H23N3O3. The molecule has 1 aliphatic heterocycles. The van der Waals surface area contributed by atoms with E-state index in [0.717, 1.165) is 36.0 Å². The summed E-state index contributed by atoms with van der Waals surface area (Å²) < 4.78 is 1.79. The number of carbonyl (C=O) groups is 1. The standard InChI is InChI=1S/C17H23N3O3/c1-11-4-2-5-13-17(11)20(16(10-21)19-13)9-12(22)8-14-15(23)6-3-7-18-14/h2,4-5,14-15,18,21,23H,3,6-10H2,1H3/t14-,15+/m1/s1. The molecule has 0 spiro atoms. The molecule has 3 N–H and O–H groups in total. The predicted molar refractivity (Wildman–Crippen MR) is 87.0 cm³/mol. The van der Waals surface area contributed by atoms with Crippen molar-refractivity contribution in [2.24, 2.45) is 0 Å². The Morgan fingerprint density at radius 2 is 2.30 bits per heavy atom. The van der Waals surface area contributed by atoms with E-state index in [1.807, 2.05) is 25.1 Å². The number of rotatable bonds is 5. The molecule has 2 atom stereocenters. The molecule has 1 aliphatic rings. The number of imidazole rings is 1. The summed E-state index contributed by atoms with van der Waals surface area (Å²) in [5.41, 5.74) is 2.71. The van der Waals surface area contributed by atoms with Crippen LogP contribution in [0.3, 0.4) is 0 Å². The van der Waals surface area contributed by atoms with Crippen molar-refractivity contribution in [3.63, 3.8) is 0 Å². The molecule has 1 aromatic carbocycles. The molecule has 0 radical (unpaired) electrons. The van der Waals surface area contributed by atoms with Gasteiger partial charge in [-0.2, -0.15) is 0 Å². The molecule has 3 rings (SSSR count). The quantitative estimate of drug-likeness (QED) is 0.763. The number of hydrogen-bond acceptors (Lipinski definition) is 5. The third kappa shape index (κ3) is 3.29. The number of nitrogens with one attached hydrogen (secondary N) is 1. The Morgan fingerprint density at radius 1 is 1.48 bits per heavy atom. The van der Waals surface area contributed by atoms with Gasteiger partial charge >= 0.3 is 0 Å². The minimum atomic E-state index is -0.466. The number of fused-ring (bicyclic) bond motifs is 1. The normalized spacial score (nSPS) is 21.7. The number of nitrogens with zero attached hydrogens (tertiary/aromatic N) is 2. The fourth-order valence-corrected chi connectivity index (χ4v) is 3.33. The van der Waals surface area contributed by atoms with E-state index in [2.05, 4.69) is 10.3 Å². The van der Waals surface area contributed by atoms with E-state index >= 15 is 0 Å². The molecule has 6 nitrogen and oxygen atoms in total. The molecule has 23 heavy (non-hydrogen) atoms. The van der Waals surface area contributed by atoms with E-state index in [9.17, 15) is 15.0 Å². The van der Waals surface area contributed by atoms with Crippen LogP contribution in [-0.4, -0.2) is 44.2 Å². The summed E-state index contributed by atoms with van der Waals surface area (Å²) in [6.45, 7) is 2.77. The number of aliphatic hydroxyl groups is 2. The molecule has 0 saturated carbocycles. The number of aryl methyl sites for hydroxylation is 1. The van der Waals surface area contributed by atoms with Crippen molar-refractivity contribution in [3.05, 3.63) is 29.6 Å². The number of hydrogen-bond donors (Lipinski definition) is 3. The highest BCUT2D eigenvalue weighted by molar-refractivity contribution is 5.84. The Kier molecular flexibility index (Phi) is 4.75.